The van der Waals surface area contributed by atoms with Crippen molar-refractivity contribution in [1.29, 1.82) is 0 Å². The summed E-state index contributed by atoms with van der Waals surface area (Å²) < 4.78 is 4.91. The standard InChI is InChI=1S/C8H13NO4/c10-7-5-13-6-9(7)4-2-1-3-8(11)12/h1-6H2,(H,11,12). The minimum atomic E-state index is -0.788. The highest BCUT2D eigenvalue weighted by Crippen LogP contribution is 2.04. The molecule has 0 atom stereocenters. The van der Waals surface area contributed by atoms with E-state index in [9.17, 15) is 9.59 Å². The Kier molecular flexibility index (Phi) is 3.70. The molecule has 13 heavy (non-hydrogen) atoms. The zero-order chi connectivity index (χ0) is 9.68. The Bertz CT molecular complexity index is 204. The maximum Gasteiger partial charge on any atom is 0.303 e. The van der Waals surface area contributed by atoms with E-state index < -0.39 is 5.97 Å². The van der Waals surface area contributed by atoms with Crippen LogP contribution < -0.4 is 0 Å². The Morgan fingerprint density at radius 3 is 2.85 bits per heavy atom. The number of carboxylic acids is 1. The van der Waals surface area contributed by atoms with Gasteiger partial charge in [-0.2, -0.15) is 0 Å². The van der Waals surface area contributed by atoms with E-state index in [4.69, 9.17) is 9.84 Å². The third-order valence-corrected chi connectivity index (χ3v) is 1.89. The van der Waals surface area contributed by atoms with Crippen molar-refractivity contribution < 1.29 is 19.4 Å². The van der Waals surface area contributed by atoms with Crippen LogP contribution in [-0.2, 0) is 14.3 Å². The molecule has 0 radical (unpaired) electrons. The molecule has 5 heteroatoms. The number of unbranched alkanes of at least 4 members (excludes halogenated alkanes) is 1. The lowest BCUT2D eigenvalue weighted by Crippen LogP contribution is -2.26. The van der Waals surface area contributed by atoms with Gasteiger partial charge in [-0.25, -0.2) is 0 Å². The maximum absolute atomic E-state index is 11.0. The molecule has 0 aromatic heterocycles. The predicted molar refractivity (Wildman–Crippen MR) is 44.0 cm³/mol. The van der Waals surface area contributed by atoms with Crippen molar-refractivity contribution in [3.8, 4) is 0 Å². The Hall–Kier alpha value is -1.10. The van der Waals surface area contributed by atoms with Crippen molar-refractivity contribution in [1.82, 2.24) is 4.90 Å². The Morgan fingerprint density at radius 1 is 1.54 bits per heavy atom. The summed E-state index contributed by atoms with van der Waals surface area (Å²) in [5.41, 5.74) is 0. The minimum absolute atomic E-state index is 0.00433. The Labute approximate surface area is 76.3 Å². The third-order valence-electron chi connectivity index (χ3n) is 1.89. The lowest BCUT2D eigenvalue weighted by molar-refractivity contribution is -0.137. The number of hydrogen-bond donors (Lipinski definition) is 1. The molecular weight excluding hydrogens is 174 g/mol. The molecule has 0 unspecified atom stereocenters. The lowest BCUT2D eigenvalue weighted by Gasteiger charge is -2.12. The van der Waals surface area contributed by atoms with Crippen molar-refractivity contribution in [3.05, 3.63) is 0 Å². The summed E-state index contributed by atoms with van der Waals surface area (Å²) >= 11 is 0. The summed E-state index contributed by atoms with van der Waals surface area (Å²) in [5.74, 6) is -0.792. The van der Waals surface area contributed by atoms with Crippen molar-refractivity contribution in [2.75, 3.05) is 19.9 Å². The second-order valence-electron chi connectivity index (χ2n) is 2.99. The van der Waals surface area contributed by atoms with E-state index in [0.717, 1.165) is 6.42 Å². The van der Waals surface area contributed by atoms with E-state index in [1.54, 1.807) is 4.90 Å². The molecule has 1 aliphatic rings. The molecule has 1 heterocycles. The molecule has 0 saturated carbocycles. The van der Waals surface area contributed by atoms with Gasteiger partial charge in [0.25, 0.3) is 0 Å². The number of amides is 1. The molecule has 1 rings (SSSR count). The van der Waals surface area contributed by atoms with Crippen molar-refractivity contribution >= 4 is 11.9 Å². The van der Waals surface area contributed by atoms with Gasteiger partial charge in [0.15, 0.2) is 0 Å². The molecule has 0 aromatic carbocycles. The van der Waals surface area contributed by atoms with Crippen LogP contribution in [0.2, 0.25) is 0 Å². The number of rotatable bonds is 5. The molecular formula is C8H13NO4. The number of carbonyl (C=O) groups is 2. The first-order valence-corrected chi connectivity index (χ1v) is 4.27. The van der Waals surface area contributed by atoms with Gasteiger partial charge in [0.2, 0.25) is 5.91 Å². The fourth-order valence-electron chi connectivity index (χ4n) is 1.17. The zero-order valence-electron chi connectivity index (χ0n) is 7.36. The van der Waals surface area contributed by atoms with Crippen molar-refractivity contribution in [2.24, 2.45) is 0 Å². The van der Waals surface area contributed by atoms with E-state index >= 15 is 0 Å². The number of ether oxygens (including phenoxy) is 1. The third kappa shape index (κ3) is 3.42. The van der Waals surface area contributed by atoms with Crippen LogP contribution in [0.1, 0.15) is 19.3 Å². The first-order chi connectivity index (χ1) is 6.20. The van der Waals surface area contributed by atoms with E-state index in [1.807, 2.05) is 0 Å². The van der Waals surface area contributed by atoms with E-state index in [0.29, 0.717) is 19.7 Å². The fraction of sp³-hybridized carbons (Fsp3) is 0.750. The minimum Gasteiger partial charge on any atom is -0.481 e. The van der Waals surface area contributed by atoms with Crippen molar-refractivity contribution in [2.45, 2.75) is 19.3 Å². The molecule has 5 nitrogen and oxygen atoms in total. The highest BCUT2D eigenvalue weighted by Gasteiger charge is 2.19. The van der Waals surface area contributed by atoms with Crippen LogP contribution in [0.15, 0.2) is 0 Å². The molecule has 1 N–H and O–H groups in total. The molecule has 0 aromatic rings. The lowest BCUT2D eigenvalue weighted by atomic mass is 10.2. The molecule has 0 aliphatic carbocycles. The van der Waals surface area contributed by atoms with E-state index in [-0.39, 0.29) is 18.9 Å². The predicted octanol–water partition coefficient (Wildman–Crippen LogP) is 0.0576. The molecule has 1 fully saturated rings. The summed E-state index contributed by atoms with van der Waals surface area (Å²) in [6, 6.07) is 0. The summed E-state index contributed by atoms with van der Waals surface area (Å²) in [4.78, 5) is 22.7. The van der Waals surface area contributed by atoms with Gasteiger partial charge < -0.3 is 14.7 Å². The highest BCUT2D eigenvalue weighted by molar-refractivity contribution is 5.78. The fourth-order valence-corrected chi connectivity index (χ4v) is 1.17. The van der Waals surface area contributed by atoms with Gasteiger partial charge in [0.1, 0.15) is 13.3 Å². The van der Waals surface area contributed by atoms with E-state index in [1.165, 1.54) is 0 Å². The summed E-state index contributed by atoms with van der Waals surface area (Å²) in [7, 11) is 0. The van der Waals surface area contributed by atoms with Gasteiger partial charge in [-0.3, -0.25) is 9.59 Å². The number of carboxylic acid groups (broad SMARTS) is 1. The normalized spacial score (nSPS) is 16.6. The summed E-state index contributed by atoms with van der Waals surface area (Å²) in [6.07, 6.45) is 1.50. The maximum atomic E-state index is 11.0. The first kappa shape index (κ1) is 9.98. The summed E-state index contributed by atoms with van der Waals surface area (Å²) in [6.45, 7) is 1.12. The van der Waals surface area contributed by atoms with Gasteiger partial charge in [-0.15, -0.1) is 0 Å². The number of carbonyl (C=O) groups excluding carboxylic acids is 1. The number of hydrogen-bond acceptors (Lipinski definition) is 3. The second-order valence-corrected chi connectivity index (χ2v) is 2.99. The number of nitrogens with zero attached hydrogens (tertiary/aromatic N) is 1. The SMILES string of the molecule is O=C(O)CCCCN1COCC1=O. The van der Waals surface area contributed by atoms with Crippen LogP contribution in [0.3, 0.4) is 0 Å². The molecule has 1 amide bonds. The summed E-state index contributed by atoms with van der Waals surface area (Å²) in [5, 5.41) is 8.35. The van der Waals surface area contributed by atoms with Crippen LogP contribution in [0.25, 0.3) is 0 Å². The zero-order valence-corrected chi connectivity index (χ0v) is 7.36. The molecule has 0 spiro atoms. The van der Waals surface area contributed by atoms with Crippen molar-refractivity contribution in [3.63, 3.8) is 0 Å². The van der Waals surface area contributed by atoms with Gasteiger partial charge in [0, 0.05) is 13.0 Å². The number of aliphatic carboxylic acids is 1. The average molecular weight is 187 g/mol. The van der Waals surface area contributed by atoms with Crippen LogP contribution in [0, 0.1) is 0 Å². The van der Waals surface area contributed by atoms with Gasteiger partial charge in [0.05, 0.1) is 0 Å². The molecule has 74 valence electrons. The monoisotopic (exact) mass is 187 g/mol. The topological polar surface area (TPSA) is 66.8 Å². The van der Waals surface area contributed by atoms with Crippen LogP contribution in [0.5, 0.6) is 0 Å². The Balaban J connectivity index is 2.05. The van der Waals surface area contributed by atoms with Gasteiger partial charge in [-0.05, 0) is 12.8 Å². The van der Waals surface area contributed by atoms with E-state index in [2.05, 4.69) is 0 Å². The van der Waals surface area contributed by atoms with Gasteiger partial charge >= 0.3 is 5.97 Å². The van der Waals surface area contributed by atoms with Gasteiger partial charge in [-0.1, -0.05) is 0 Å². The molecule has 0 bridgehead atoms. The largest absolute Gasteiger partial charge is 0.481 e. The molecule has 1 saturated heterocycles. The second kappa shape index (κ2) is 4.81. The smallest absolute Gasteiger partial charge is 0.303 e. The van der Waals surface area contributed by atoms with Crippen LogP contribution >= 0.6 is 0 Å². The average Bonchev–Trinajstić information content (AvgIpc) is 2.45. The van der Waals surface area contributed by atoms with Crippen LogP contribution in [0.4, 0.5) is 0 Å². The first-order valence-electron chi connectivity index (χ1n) is 4.27. The quantitative estimate of drug-likeness (QED) is 0.618. The van der Waals surface area contributed by atoms with Crippen LogP contribution in [-0.4, -0.2) is 41.8 Å². The Morgan fingerprint density at radius 2 is 2.31 bits per heavy atom. The highest BCUT2D eigenvalue weighted by atomic mass is 16.5. The molecule has 1 aliphatic heterocycles.